The Bertz CT molecular complexity index is 1690. The van der Waals surface area contributed by atoms with Gasteiger partial charge in [-0.15, -0.1) is 0 Å². The molecule has 1 saturated carbocycles. The highest BCUT2D eigenvalue weighted by Gasteiger charge is 2.54. The van der Waals surface area contributed by atoms with Gasteiger partial charge in [0.2, 0.25) is 5.91 Å². The summed E-state index contributed by atoms with van der Waals surface area (Å²) in [5.74, 6) is 0.522. The predicted molar refractivity (Wildman–Crippen MR) is 166 cm³/mol. The van der Waals surface area contributed by atoms with E-state index in [1.807, 2.05) is 24.3 Å². The molecule has 0 bridgehead atoms. The number of nitrogens with one attached hydrogen (secondary N) is 3. The quantitative estimate of drug-likeness (QED) is 0.326. The molecule has 2 heterocycles. The lowest BCUT2D eigenvalue weighted by molar-refractivity contribution is -0.131. The molecule has 1 saturated heterocycles. The molecule has 1 aliphatic heterocycles. The van der Waals surface area contributed by atoms with Gasteiger partial charge in [-0.2, -0.15) is 10.4 Å². The van der Waals surface area contributed by atoms with Crippen LogP contribution in [-0.2, 0) is 23.1 Å². The van der Waals surface area contributed by atoms with Gasteiger partial charge in [0.1, 0.15) is 11.9 Å². The number of rotatable bonds is 8. The number of benzene rings is 2. The maximum Gasteiger partial charge on any atom is 0.340 e. The summed E-state index contributed by atoms with van der Waals surface area (Å²) in [6.45, 7) is 0.469. The molecule has 12 nitrogen and oxygen atoms in total. The molecule has 12 heteroatoms. The Morgan fingerprint density at radius 2 is 1.60 bits per heavy atom. The number of aromatic nitrogens is 3. The van der Waals surface area contributed by atoms with Crippen molar-refractivity contribution in [2.75, 3.05) is 41.3 Å². The van der Waals surface area contributed by atoms with Gasteiger partial charge in [-0.3, -0.25) is 19.4 Å². The molecule has 0 unspecified atom stereocenters. The standard InChI is InChI=1S/C33H38N8O4/c1-39(2)29(43)21-7-9-25-19(13-21)5-6-20-14-22(30(44)40(3)4)8-10-26(20)33(25,31-36-32(45)38-37-31)11-12-35-18-28(42)41-24(17-34)15-23-16-27(23)41/h7-10,13-14,23-24,27,35H,5-6,11-12,15-16,18H2,1-4H3,(H2,36,37,38,45)/t23-,24+,27+/m1/s1. The zero-order valence-corrected chi connectivity index (χ0v) is 26.0. The summed E-state index contributed by atoms with van der Waals surface area (Å²) in [7, 11) is 6.85. The Labute approximate surface area is 261 Å². The molecule has 2 aliphatic carbocycles. The van der Waals surface area contributed by atoms with E-state index in [9.17, 15) is 24.4 Å². The van der Waals surface area contributed by atoms with Gasteiger partial charge in [0, 0.05) is 45.4 Å². The number of likely N-dealkylation sites (tertiary alicyclic amines) is 1. The highest BCUT2D eigenvalue weighted by molar-refractivity contribution is 5.95. The van der Waals surface area contributed by atoms with Gasteiger partial charge >= 0.3 is 5.69 Å². The molecule has 0 radical (unpaired) electrons. The molecule has 3 aromatic rings. The SMILES string of the molecule is CN(C)C(=O)c1ccc2c(c1)CCc1cc(C(=O)N(C)C)ccc1C2(CCNCC(=O)N1[C@H](C#N)C[C@@H]2C[C@@H]21)c1n[nH]c(=O)[nH]1. The number of aromatic amines is 2. The maximum absolute atomic E-state index is 13.2. The lowest BCUT2D eigenvalue weighted by Crippen LogP contribution is -2.44. The molecule has 234 valence electrons. The van der Waals surface area contributed by atoms with Gasteiger partial charge in [0.25, 0.3) is 11.8 Å². The second-order valence-electron chi connectivity index (χ2n) is 12.7. The van der Waals surface area contributed by atoms with E-state index in [2.05, 4.69) is 26.6 Å². The van der Waals surface area contributed by atoms with Crippen LogP contribution in [-0.4, -0.2) is 101 Å². The minimum absolute atomic E-state index is 0.0842. The number of hydrogen-bond donors (Lipinski definition) is 3. The van der Waals surface area contributed by atoms with Crippen LogP contribution in [0.25, 0.3) is 0 Å². The molecule has 3 amide bonds. The summed E-state index contributed by atoms with van der Waals surface area (Å²) < 4.78 is 0. The van der Waals surface area contributed by atoms with Crippen molar-refractivity contribution >= 4 is 17.7 Å². The first kappa shape index (κ1) is 30.3. The Morgan fingerprint density at radius 1 is 1.00 bits per heavy atom. The number of H-pyrrole nitrogens is 2. The van der Waals surface area contributed by atoms with Gasteiger partial charge in [-0.05, 0) is 91.1 Å². The molecular weight excluding hydrogens is 572 g/mol. The second kappa shape index (κ2) is 11.6. The molecule has 1 aromatic heterocycles. The Kier molecular flexibility index (Phi) is 7.82. The van der Waals surface area contributed by atoms with Crippen molar-refractivity contribution in [1.82, 2.24) is 35.2 Å². The van der Waals surface area contributed by atoms with Crippen LogP contribution in [0.4, 0.5) is 0 Å². The Hall–Kier alpha value is -4.76. The summed E-state index contributed by atoms with van der Waals surface area (Å²) in [6.07, 6.45) is 3.32. The first-order valence-corrected chi connectivity index (χ1v) is 15.3. The monoisotopic (exact) mass is 610 g/mol. The number of nitrogens with zero attached hydrogens (tertiary/aromatic N) is 5. The van der Waals surface area contributed by atoms with Crippen LogP contribution in [0.3, 0.4) is 0 Å². The van der Waals surface area contributed by atoms with E-state index < -0.39 is 11.1 Å². The number of amides is 3. The van der Waals surface area contributed by atoms with Gasteiger partial charge in [-0.1, -0.05) is 12.1 Å². The molecule has 2 fully saturated rings. The minimum Gasteiger partial charge on any atom is -0.345 e. The molecule has 3 N–H and O–H groups in total. The fourth-order valence-electron chi connectivity index (χ4n) is 7.24. The molecule has 2 aromatic carbocycles. The third-order valence-corrected chi connectivity index (χ3v) is 9.50. The summed E-state index contributed by atoms with van der Waals surface area (Å²) in [5, 5.41) is 19.9. The van der Waals surface area contributed by atoms with Crippen molar-refractivity contribution in [1.29, 1.82) is 5.26 Å². The second-order valence-corrected chi connectivity index (χ2v) is 12.7. The van der Waals surface area contributed by atoms with E-state index >= 15 is 0 Å². The number of piperidine rings is 1. The van der Waals surface area contributed by atoms with E-state index in [1.54, 1.807) is 45.2 Å². The topological polar surface area (TPSA) is 158 Å². The van der Waals surface area contributed by atoms with Gasteiger partial charge < -0.3 is 20.0 Å². The van der Waals surface area contributed by atoms with E-state index in [0.29, 0.717) is 48.7 Å². The number of hydrogen-bond acceptors (Lipinski definition) is 7. The summed E-state index contributed by atoms with van der Waals surface area (Å²) in [4.78, 5) is 59.4. The molecular formula is C33H38N8O4. The number of carbonyl (C=O) groups excluding carboxylic acids is 3. The van der Waals surface area contributed by atoms with Gasteiger partial charge in [0.05, 0.1) is 18.0 Å². The van der Waals surface area contributed by atoms with Crippen LogP contribution in [0.15, 0.2) is 41.2 Å². The number of carbonyl (C=O) groups is 3. The highest BCUT2D eigenvalue weighted by atomic mass is 16.2. The number of nitriles is 1. The molecule has 3 atom stereocenters. The van der Waals surface area contributed by atoms with E-state index in [0.717, 1.165) is 35.1 Å². The predicted octanol–water partition coefficient (Wildman–Crippen LogP) is 1.43. The molecule has 0 spiro atoms. The third kappa shape index (κ3) is 5.31. The fraction of sp³-hybridized carbons (Fsp3) is 0.455. The summed E-state index contributed by atoms with van der Waals surface area (Å²) >= 11 is 0. The van der Waals surface area contributed by atoms with E-state index in [1.165, 1.54) is 9.80 Å². The first-order chi connectivity index (χ1) is 21.5. The number of fused-ring (bicyclic) bond motifs is 3. The van der Waals surface area contributed by atoms with Crippen LogP contribution in [0, 0.1) is 17.2 Å². The molecule has 6 rings (SSSR count). The van der Waals surface area contributed by atoms with Crippen molar-refractivity contribution in [2.24, 2.45) is 5.92 Å². The van der Waals surface area contributed by atoms with Crippen molar-refractivity contribution in [2.45, 2.75) is 49.6 Å². The Morgan fingerprint density at radius 3 is 2.11 bits per heavy atom. The van der Waals surface area contributed by atoms with Crippen molar-refractivity contribution in [3.05, 3.63) is 86.1 Å². The zero-order chi connectivity index (χ0) is 32.0. The number of aryl methyl sites for hydroxylation is 2. The van der Waals surface area contributed by atoms with Crippen LogP contribution in [0.1, 0.15) is 68.1 Å². The minimum atomic E-state index is -0.972. The van der Waals surface area contributed by atoms with Crippen LogP contribution in [0.5, 0.6) is 0 Å². The van der Waals surface area contributed by atoms with Crippen molar-refractivity contribution < 1.29 is 14.4 Å². The zero-order valence-electron chi connectivity index (χ0n) is 26.0. The third-order valence-electron chi connectivity index (χ3n) is 9.50. The van der Waals surface area contributed by atoms with Crippen LogP contribution in [0.2, 0.25) is 0 Å². The van der Waals surface area contributed by atoms with Crippen LogP contribution >= 0.6 is 0 Å². The summed E-state index contributed by atoms with van der Waals surface area (Å²) in [6, 6.07) is 13.4. The average molecular weight is 611 g/mol. The lowest BCUT2D eigenvalue weighted by Gasteiger charge is -2.35. The fourth-order valence-corrected chi connectivity index (χ4v) is 7.24. The highest BCUT2D eigenvalue weighted by Crippen LogP contribution is 2.48. The summed E-state index contributed by atoms with van der Waals surface area (Å²) in [5.41, 5.74) is 3.35. The largest absolute Gasteiger partial charge is 0.345 e. The van der Waals surface area contributed by atoms with E-state index in [4.69, 9.17) is 0 Å². The van der Waals surface area contributed by atoms with E-state index in [-0.39, 0.29) is 36.3 Å². The van der Waals surface area contributed by atoms with Crippen molar-refractivity contribution in [3.63, 3.8) is 0 Å². The van der Waals surface area contributed by atoms with Gasteiger partial charge in [0.15, 0.2) is 0 Å². The smallest absolute Gasteiger partial charge is 0.340 e. The maximum atomic E-state index is 13.2. The normalized spacial score (nSPS) is 20.7. The Balaban J connectivity index is 1.41. The molecule has 3 aliphatic rings. The van der Waals surface area contributed by atoms with Gasteiger partial charge in [-0.25, -0.2) is 9.89 Å². The lowest BCUT2D eigenvalue weighted by atomic mass is 9.69. The first-order valence-electron chi connectivity index (χ1n) is 15.3. The average Bonchev–Trinajstić information content (AvgIpc) is 3.52. The molecule has 45 heavy (non-hydrogen) atoms. The van der Waals surface area contributed by atoms with Crippen LogP contribution < -0.4 is 11.0 Å². The van der Waals surface area contributed by atoms with Crippen molar-refractivity contribution in [3.8, 4) is 6.07 Å².